The van der Waals surface area contributed by atoms with Crippen LogP contribution in [-0.4, -0.2) is 111 Å². The Bertz CT molecular complexity index is 1420. The molecule has 14 heteroatoms. The van der Waals surface area contributed by atoms with Crippen molar-refractivity contribution in [2.45, 2.75) is 48.7 Å². The number of fused-ring (bicyclic) bond motifs is 1. The molecule has 0 radical (unpaired) electrons. The number of methoxy groups -OCH3 is 1. The maximum absolute atomic E-state index is 13.2. The van der Waals surface area contributed by atoms with Crippen molar-refractivity contribution >= 4 is 11.0 Å². The van der Waals surface area contributed by atoms with Crippen molar-refractivity contribution in [3.63, 3.8) is 0 Å². The first-order valence-electron chi connectivity index (χ1n) is 12.6. The van der Waals surface area contributed by atoms with Crippen molar-refractivity contribution in [2.75, 3.05) is 26.9 Å². The predicted octanol–water partition coefficient (Wildman–Crippen LogP) is -1.18. The third kappa shape index (κ3) is 5.49. The van der Waals surface area contributed by atoms with E-state index in [1.165, 1.54) is 19.4 Å². The minimum Gasteiger partial charge on any atom is -0.507 e. The van der Waals surface area contributed by atoms with E-state index in [-0.39, 0.29) is 22.3 Å². The molecule has 3 heterocycles. The number of benzene rings is 2. The Morgan fingerprint density at radius 1 is 1.00 bits per heavy atom. The first kappa shape index (κ1) is 29.2. The lowest BCUT2D eigenvalue weighted by Crippen LogP contribution is -2.60. The van der Waals surface area contributed by atoms with E-state index in [4.69, 9.17) is 28.1 Å². The lowest BCUT2D eigenvalue weighted by molar-refractivity contribution is -0.289. The van der Waals surface area contributed by atoms with E-state index in [9.17, 15) is 40.5 Å². The van der Waals surface area contributed by atoms with Gasteiger partial charge in [0.2, 0.25) is 11.7 Å². The average molecular weight is 579 g/mol. The summed E-state index contributed by atoms with van der Waals surface area (Å²) >= 11 is 0. The van der Waals surface area contributed by atoms with Crippen molar-refractivity contribution in [2.24, 2.45) is 0 Å². The van der Waals surface area contributed by atoms with Gasteiger partial charge >= 0.3 is 0 Å². The third-order valence-corrected chi connectivity index (χ3v) is 7.16. The molecule has 14 nitrogen and oxygen atoms in total. The molecule has 0 unspecified atom stereocenters. The minimum absolute atomic E-state index is 0.0308. The smallest absolute Gasteiger partial charge is 0.229 e. The van der Waals surface area contributed by atoms with Crippen LogP contribution in [0.5, 0.6) is 17.2 Å². The highest BCUT2D eigenvalue weighted by atomic mass is 16.7. The molecule has 2 aliphatic rings. The number of rotatable bonds is 8. The fourth-order valence-corrected chi connectivity index (χ4v) is 4.66. The molecular formula is C27H30O14. The standard InChI is InChI=1S/C27H30O14/c1-36-13-4-2-12(3-5-13)15-8-37-17-7-14(6-16(29)19(17)20(15)30)40-25-23(33)22(32)21(31)18(41-25)9-38-26-24(34)27(35,10-28)11-39-26/h2-8,18,21-26,28-29,31-35H,9-11H2,1H3/t18-,21-,22+,23-,24+,25-,26+,27-/m1/s1. The molecule has 2 aliphatic heterocycles. The van der Waals surface area contributed by atoms with E-state index in [2.05, 4.69) is 0 Å². The first-order valence-corrected chi connectivity index (χ1v) is 12.6. The summed E-state index contributed by atoms with van der Waals surface area (Å²) in [6.45, 7) is -1.65. The highest BCUT2D eigenvalue weighted by Crippen LogP contribution is 2.33. The topological polar surface area (TPSA) is 218 Å². The summed E-state index contributed by atoms with van der Waals surface area (Å²) < 4.78 is 32.5. The fraction of sp³-hybridized carbons (Fsp3) is 0.444. The van der Waals surface area contributed by atoms with Gasteiger partial charge in [0.25, 0.3) is 0 Å². The van der Waals surface area contributed by atoms with Crippen LogP contribution in [0.25, 0.3) is 22.1 Å². The van der Waals surface area contributed by atoms with Gasteiger partial charge in [0, 0.05) is 12.1 Å². The van der Waals surface area contributed by atoms with Crippen molar-refractivity contribution in [1.82, 2.24) is 0 Å². The lowest BCUT2D eigenvalue weighted by atomic mass is 9.99. The Kier molecular flexibility index (Phi) is 8.20. The van der Waals surface area contributed by atoms with E-state index < -0.39 is 79.7 Å². The third-order valence-electron chi connectivity index (χ3n) is 7.16. The van der Waals surface area contributed by atoms with Crippen LogP contribution in [-0.2, 0) is 14.2 Å². The van der Waals surface area contributed by atoms with Crippen LogP contribution in [0.1, 0.15) is 0 Å². The zero-order valence-electron chi connectivity index (χ0n) is 21.7. The van der Waals surface area contributed by atoms with Crippen LogP contribution >= 0.6 is 0 Å². The molecule has 2 fully saturated rings. The number of aliphatic hydroxyl groups excluding tert-OH is 5. The van der Waals surface area contributed by atoms with Gasteiger partial charge in [-0.15, -0.1) is 0 Å². The van der Waals surface area contributed by atoms with Crippen molar-refractivity contribution in [3.05, 3.63) is 52.9 Å². The number of hydrogen-bond donors (Lipinski definition) is 7. The predicted molar refractivity (Wildman–Crippen MR) is 137 cm³/mol. The van der Waals surface area contributed by atoms with Crippen molar-refractivity contribution in [1.29, 1.82) is 0 Å². The maximum Gasteiger partial charge on any atom is 0.229 e. The number of phenolic OH excluding ortho intramolecular Hbond substituents is 1. The van der Waals surface area contributed by atoms with Crippen LogP contribution in [0.15, 0.2) is 51.9 Å². The molecule has 222 valence electrons. The summed E-state index contributed by atoms with van der Waals surface area (Å²) in [4.78, 5) is 13.2. The molecule has 5 rings (SSSR count). The fourth-order valence-electron chi connectivity index (χ4n) is 4.66. The van der Waals surface area contributed by atoms with E-state index in [0.29, 0.717) is 11.3 Å². The van der Waals surface area contributed by atoms with Crippen molar-refractivity contribution in [3.8, 4) is 28.4 Å². The maximum atomic E-state index is 13.2. The molecule has 0 saturated carbocycles. The minimum atomic E-state index is -1.93. The molecule has 41 heavy (non-hydrogen) atoms. The lowest BCUT2D eigenvalue weighted by Gasteiger charge is -2.40. The van der Waals surface area contributed by atoms with E-state index in [0.717, 1.165) is 6.07 Å². The van der Waals surface area contributed by atoms with E-state index >= 15 is 0 Å². The Morgan fingerprint density at radius 2 is 1.73 bits per heavy atom. The average Bonchev–Trinajstić information content (AvgIpc) is 3.26. The van der Waals surface area contributed by atoms with Crippen molar-refractivity contribution < 1.29 is 63.8 Å². The van der Waals surface area contributed by atoms with Crippen LogP contribution in [0.2, 0.25) is 0 Å². The number of aromatic hydroxyl groups is 1. The van der Waals surface area contributed by atoms with Gasteiger partial charge in [-0.3, -0.25) is 4.79 Å². The van der Waals surface area contributed by atoms with Gasteiger partial charge in [-0.05, 0) is 17.7 Å². The molecule has 0 aliphatic carbocycles. The normalized spacial score (nSPS) is 31.8. The van der Waals surface area contributed by atoms with Gasteiger partial charge in [-0.1, -0.05) is 12.1 Å². The highest BCUT2D eigenvalue weighted by molar-refractivity contribution is 5.88. The molecule has 0 bridgehead atoms. The number of ether oxygens (including phenoxy) is 5. The Balaban J connectivity index is 1.33. The Hall–Kier alpha value is -3.31. The molecule has 2 saturated heterocycles. The summed E-state index contributed by atoms with van der Waals surface area (Å²) in [6, 6.07) is 9.07. The quantitative estimate of drug-likeness (QED) is 0.167. The molecule has 7 N–H and O–H groups in total. The van der Waals surface area contributed by atoms with Gasteiger partial charge in [0.1, 0.15) is 70.6 Å². The highest BCUT2D eigenvalue weighted by Gasteiger charge is 2.50. The SMILES string of the molecule is COc1ccc(-c2coc3cc(O[C@@H]4O[C@H](CO[C@H]5OC[C@](O)(CO)[C@H]5O)[C@@H](O)[C@H](O)[C@H]4O)cc(O)c3c2=O)cc1. The number of phenols is 1. The largest absolute Gasteiger partial charge is 0.507 e. The second kappa shape index (κ2) is 11.5. The summed E-state index contributed by atoms with van der Waals surface area (Å²) in [5, 5.41) is 71.3. The molecule has 1 aromatic heterocycles. The second-order valence-corrected chi connectivity index (χ2v) is 9.87. The van der Waals surface area contributed by atoms with Gasteiger partial charge in [0.05, 0.1) is 32.5 Å². The van der Waals surface area contributed by atoms with E-state index in [1.807, 2.05) is 0 Å². The van der Waals surface area contributed by atoms with Crippen LogP contribution in [0, 0.1) is 0 Å². The van der Waals surface area contributed by atoms with Gasteiger partial charge in [-0.2, -0.15) is 0 Å². The van der Waals surface area contributed by atoms with Crippen LogP contribution < -0.4 is 14.9 Å². The summed E-state index contributed by atoms with van der Waals surface area (Å²) in [6.07, 6.45) is -9.73. The second-order valence-electron chi connectivity index (χ2n) is 9.87. The monoisotopic (exact) mass is 578 g/mol. The zero-order chi connectivity index (χ0) is 29.5. The van der Waals surface area contributed by atoms with Crippen LogP contribution in [0.4, 0.5) is 0 Å². The van der Waals surface area contributed by atoms with Gasteiger partial charge in [-0.25, -0.2) is 0 Å². The molecule has 8 atom stereocenters. The number of aliphatic hydroxyl groups is 6. The number of hydrogen-bond acceptors (Lipinski definition) is 14. The first-order chi connectivity index (χ1) is 19.6. The van der Waals surface area contributed by atoms with Gasteiger partial charge < -0.3 is 63.8 Å². The molecule has 0 amide bonds. The molecule has 3 aromatic rings. The summed E-state index contributed by atoms with van der Waals surface area (Å²) in [5.41, 5.74) is -1.73. The Labute approximate surface area is 232 Å². The summed E-state index contributed by atoms with van der Waals surface area (Å²) in [5.74, 6) is 0.0294. The molecular weight excluding hydrogens is 548 g/mol. The Morgan fingerprint density at radius 3 is 2.39 bits per heavy atom. The van der Waals surface area contributed by atoms with Gasteiger partial charge in [0.15, 0.2) is 6.29 Å². The zero-order valence-corrected chi connectivity index (χ0v) is 21.7. The summed E-state index contributed by atoms with van der Waals surface area (Å²) in [7, 11) is 1.52. The van der Waals surface area contributed by atoms with Crippen LogP contribution in [0.3, 0.4) is 0 Å². The molecule has 0 spiro atoms. The van der Waals surface area contributed by atoms with E-state index in [1.54, 1.807) is 24.3 Å². The molecule has 2 aromatic carbocycles.